The zero-order valence-corrected chi connectivity index (χ0v) is 13.8. The molecule has 0 aromatic rings. The van der Waals surface area contributed by atoms with Crippen molar-refractivity contribution in [1.29, 1.82) is 0 Å². The summed E-state index contributed by atoms with van der Waals surface area (Å²) in [7, 11) is 0.105. The number of nitrogens with one attached hydrogen (secondary N) is 1. The number of unbranched alkanes of at least 4 members (excludes halogenated alkanes) is 9. The van der Waals surface area contributed by atoms with Crippen LogP contribution in [0.5, 0.6) is 0 Å². The van der Waals surface area contributed by atoms with E-state index in [-0.39, 0.29) is 9.68 Å². The Labute approximate surface area is 112 Å². The molecule has 0 fully saturated rings. The summed E-state index contributed by atoms with van der Waals surface area (Å²) in [6.07, 6.45) is 15.8. The molecule has 0 radical (unpaired) electrons. The maximum Gasteiger partial charge on any atom is 0.0916 e. The second-order valence-electron chi connectivity index (χ2n) is 5.29. The van der Waals surface area contributed by atoms with Gasteiger partial charge in [0, 0.05) is 0 Å². The minimum Gasteiger partial charge on any atom is -0.342 e. The lowest BCUT2D eigenvalue weighted by Crippen LogP contribution is -2.19. The number of hydrogen-bond acceptors (Lipinski definition) is 1. The highest BCUT2D eigenvalue weighted by Crippen LogP contribution is 2.10. The molecule has 0 heterocycles. The van der Waals surface area contributed by atoms with Gasteiger partial charge in [0.25, 0.3) is 0 Å². The summed E-state index contributed by atoms with van der Waals surface area (Å²) >= 11 is 0. The maximum atomic E-state index is 3.65. The molecule has 2 heteroatoms. The summed E-state index contributed by atoms with van der Waals surface area (Å²) in [6, 6.07) is 1.47. The van der Waals surface area contributed by atoms with E-state index in [0.29, 0.717) is 0 Å². The van der Waals surface area contributed by atoms with Crippen molar-refractivity contribution in [3.05, 3.63) is 0 Å². The quantitative estimate of drug-likeness (QED) is 0.359. The molecular formula is C15H35NSi. The van der Waals surface area contributed by atoms with Crippen molar-refractivity contribution in [2.24, 2.45) is 0 Å². The van der Waals surface area contributed by atoms with Gasteiger partial charge in [-0.15, -0.1) is 0 Å². The minimum atomic E-state index is 0.105. The van der Waals surface area contributed by atoms with E-state index >= 15 is 0 Å². The fourth-order valence-corrected chi connectivity index (χ4v) is 3.27. The molecule has 0 aliphatic rings. The van der Waals surface area contributed by atoms with Crippen LogP contribution in [0.25, 0.3) is 0 Å². The Hall–Kier alpha value is 0.177. The van der Waals surface area contributed by atoms with Crippen LogP contribution in [0.4, 0.5) is 0 Å². The predicted molar refractivity (Wildman–Crippen MR) is 83.5 cm³/mol. The Morgan fingerprint density at radius 1 is 0.647 bits per heavy atom. The van der Waals surface area contributed by atoms with Crippen molar-refractivity contribution in [1.82, 2.24) is 4.98 Å². The van der Waals surface area contributed by atoms with Crippen LogP contribution in [-0.4, -0.2) is 16.2 Å². The lowest BCUT2D eigenvalue weighted by atomic mass is 10.1. The number of rotatable bonds is 14. The molecule has 1 nitrogen and oxygen atoms in total. The van der Waals surface area contributed by atoms with E-state index in [1.54, 1.807) is 0 Å². The largest absolute Gasteiger partial charge is 0.342 e. The molecule has 0 rings (SSSR count). The fraction of sp³-hybridized carbons (Fsp3) is 1.00. The zero-order valence-electron chi connectivity index (χ0n) is 12.4. The van der Waals surface area contributed by atoms with Crippen molar-refractivity contribution < 1.29 is 0 Å². The minimum absolute atomic E-state index is 0.105. The Balaban J connectivity index is 2.85. The molecule has 0 atom stereocenters. The molecule has 0 aromatic carbocycles. The fourth-order valence-electron chi connectivity index (χ4n) is 2.16. The lowest BCUT2D eigenvalue weighted by molar-refractivity contribution is 0.555. The highest BCUT2D eigenvalue weighted by Gasteiger charge is 1.92. The van der Waals surface area contributed by atoms with E-state index in [1.165, 1.54) is 83.2 Å². The van der Waals surface area contributed by atoms with Crippen molar-refractivity contribution >= 4 is 9.68 Å². The molecule has 0 spiro atoms. The first-order chi connectivity index (χ1) is 8.41. The van der Waals surface area contributed by atoms with Crippen LogP contribution in [0.15, 0.2) is 0 Å². The van der Waals surface area contributed by atoms with Crippen LogP contribution < -0.4 is 4.98 Å². The summed E-state index contributed by atoms with van der Waals surface area (Å²) in [5.74, 6) is 0. The summed E-state index contributed by atoms with van der Waals surface area (Å²) in [4.78, 5) is 3.65. The van der Waals surface area contributed by atoms with Gasteiger partial charge < -0.3 is 4.98 Å². The Kier molecular flexibility index (Phi) is 16.3. The summed E-state index contributed by atoms with van der Waals surface area (Å²) in [5, 5.41) is 0. The molecule has 17 heavy (non-hydrogen) atoms. The van der Waals surface area contributed by atoms with E-state index < -0.39 is 0 Å². The van der Waals surface area contributed by atoms with Crippen LogP contribution in [0.3, 0.4) is 0 Å². The average Bonchev–Trinajstić information content (AvgIpc) is 2.35. The van der Waals surface area contributed by atoms with Crippen molar-refractivity contribution in [3.63, 3.8) is 0 Å². The third kappa shape index (κ3) is 16.2. The SMILES string of the molecule is CCCCCCCCCCCCN[SiH2]CCC. The topological polar surface area (TPSA) is 12.0 Å². The summed E-state index contributed by atoms with van der Waals surface area (Å²) in [5.41, 5.74) is 0. The van der Waals surface area contributed by atoms with Crippen molar-refractivity contribution in [2.75, 3.05) is 6.54 Å². The third-order valence-corrected chi connectivity index (χ3v) is 5.18. The van der Waals surface area contributed by atoms with Gasteiger partial charge >= 0.3 is 0 Å². The third-order valence-electron chi connectivity index (χ3n) is 3.41. The lowest BCUT2D eigenvalue weighted by Gasteiger charge is -2.03. The molecular weight excluding hydrogens is 222 g/mol. The van der Waals surface area contributed by atoms with E-state index in [0.717, 1.165) is 0 Å². The van der Waals surface area contributed by atoms with E-state index in [1.807, 2.05) is 0 Å². The first-order valence-electron chi connectivity index (χ1n) is 8.12. The van der Waals surface area contributed by atoms with Crippen LogP contribution in [0.2, 0.25) is 6.04 Å². The molecule has 0 saturated heterocycles. The smallest absolute Gasteiger partial charge is 0.0916 e. The molecule has 104 valence electrons. The standard InChI is InChI=1S/C15H35NSi/c1-3-5-6-7-8-9-10-11-12-13-14-16-17-15-4-2/h16H,3-15,17H2,1-2H3. The Bertz CT molecular complexity index is 114. The van der Waals surface area contributed by atoms with Crippen molar-refractivity contribution in [2.45, 2.75) is 90.5 Å². The maximum absolute atomic E-state index is 3.65. The Morgan fingerprint density at radius 3 is 1.71 bits per heavy atom. The van der Waals surface area contributed by atoms with Gasteiger partial charge in [0.05, 0.1) is 9.68 Å². The zero-order chi connectivity index (χ0) is 12.6. The van der Waals surface area contributed by atoms with Gasteiger partial charge in [-0.2, -0.15) is 0 Å². The second kappa shape index (κ2) is 16.2. The van der Waals surface area contributed by atoms with Gasteiger partial charge in [-0.1, -0.05) is 84.1 Å². The van der Waals surface area contributed by atoms with Gasteiger partial charge in [0.15, 0.2) is 0 Å². The highest BCUT2D eigenvalue weighted by atomic mass is 28.2. The molecule has 0 aliphatic heterocycles. The van der Waals surface area contributed by atoms with Crippen LogP contribution in [0.1, 0.15) is 84.5 Å². The van der Waals surface area contributed by atoms with Gasteiger partial charge in [0.1, 0.15) is 0 Å². The van der Waals surface area contributed by atoms with E-state index in [4.69, 9.17) is 0 Å². The van der Waals surface area contributed by atoms with Crippen molar-refractivity contribution in [3.8, 4) is 0 Å². The van der Waals surface area contributed by atoms with Gasteiger partial charge in [0.2, 0.25) is 0 Å². The normalized spacial score (nSPS) is 11.6. The molecule has 0 aliphatic carbocycles. The molecule has 0 aromatic heterocycles. The molecule has 0 saturated carbocycles. The molecule has 0 amide bonds. The highest BCUT2D eigenvalue weighted by molar-refractivity contribution is 6.31. The average molecular weight is 258 g/mol. The van der Waals surface area contributed by atoms with Crippen LogP contribution >= 0.6 is 0 Å². The summed E-state index contributed by atoms with van der Waals surface area (Å²) in [6.45, 7) is 5.87. The van der Waals surface area contributed by atoms with Crippen LogP contribution in [-0.2, 0) is 0 Å². The van der Waals surface area contributed by atoms with Gasteiger partial charge in [-0.25, -0.2) is 0 Å². The van der Waals surface area contributed by atoms with E-state index in [2.05, 4.69) is 18.8 Å². The van der Waals surface area contributed by atoms with Gasteiger partial charge in [-0.05, 0) is 13.0 Å². The predicted octanol–water partition coefficient (Wildman–Crippen LogP) is 4.41. The monoisotopic (exact) mass is 257 g/mol. The summed E-state index contributed by atoms with van der Waals surface area (Å²) < 4.78 is 0. The number of hydrogen-bond donors (Lipinski definition) is 1. The first kappa shape index (κ1) is 17.2. The first-order valence-corrected chi connectivity index (χ1v) is 9.83. The molecule has 0 unspecified atom stereocenters. The second-order valence-corrected chi connectivity index (χ2v) is 6.99. The van der Waals surface area contributed by atoms with Crippen LogP contribution in [0, 0.1) is 0 Å². The molecule has 1 N–H and O–H groups in total. The van der Waals surface area contributed by atoms with E-state index in [9.17, 15) is 0 Å². The van der Waals surface area contributed by atoms with Gasteiger partial charge in [-0.3, -0.25) is 0 Å². The molecule has 0 bridgehead atoms. The Morgan fingerprint density at radius 2 is 1.18 bits per heavy atom.